The molecule has 2 bridgehead atoms. The van der Waals surface area contributed by atoms with E-state index in [4.69, 9.17) is 18.9 Å². The summed E-state index contributed by atoms with van der Waals surface area (Å²) in [5.74, 6) is -1.67. The lowest BCUT2D eigenvalue weighted by Crippen LogP contribution is -2.64. The van der Waals surface area contributed by atoms with Crippen LogP contribution >= 0.6 is 0 Å². The molecule has 4 rings (SSSR count). The molecule has 5 nitrogen and oxygen atoms in total. The van der Waals surface area contributed by atoms with E-state index in [0.717, 1.165) is 6.42 Å². The standard InChI is InChI=1S/C16H20O5/c1-3-15-9-18-16(19-10-15,20-11-15)12(2)21-14(17)13-7-5-4-6-8-13/h4-8,12H,3,9-11H2,1-2H3. The number of hydrogen-bond acceptors (Lipinski definition) is 5. The van der Waals surface area contributed by atoms with E-state index in [1.54, 1.807) is 31.2 Å². The highest BCUT2D eigenvalue weighted by Gasteiger charge is 2.56. The second-order valence-electron chi connectivity index (χ2n) is 5.74. The van der Waals surface area contributed by atoms with Gasteiger partial charge in [0.25, 0.3) is 0 Å². The van der Waals surface area contributed by atoms with E-state index >= 15 is 0 Å². The highest BCUT2D eigenvalue weighted by molar-refractivity contribution is 5.89. The molecule has 0 radical (unpaired) electrons. The highest BCUT2D eigenvalue weighted by Crippen LogP contribution is 2.42. The number of rotatable bonds is 4. The van der Waals surface area contributed by atoms with E-state index in [1.165, 1.54) is 0 Å². The fourth-order valence-corrected chi connectivity index (χ4v) is 2.54. The molecule has 0 aliphatic carbocycles. The number of carbonyl (C=O) groups is 1. The van der Waals surface area contributed by atoms with Gasteiger partial charge >= 0.3 is 11.9 Å². The first-order chi connectivity index (χ1) is 10.1. The first-order valence-electron chi connectivity index (χ1n) is 7.27. The normalized spacial score (nSPS) is 32.7. The van der Waals surface area contributed by atoms with Crippen molar-refractivity contribution in [2.24, 2.45) is 5.41 Å². The predicted octanol–water partition coefficient (Wildman–Crippen LogP) is 2.36. The minimum atomic E-state index is -1.26. The van der Waals surface area contributed by atoms with Gasteiger partial charge in [-0.05, 0) is 25.5 Å². The molecule has 5 heteroatoms. The third kappa shape index (κ3) is 2.57. The summed E-state index contributed by atoms with van der Waals surface area (Å²) >= 11 is 0. The second kappa shape index (κ2) is 5.40. The summed E-state index contributed by atoms with van der Waals surface area (Å²) in [5.41, 5.74) is 0.431. The molecule has 0 N–H and O–H groups in total. The fourth-order valence-electron chi connectivity index (χ4n) is 2.54. The van der Waals surface area contributed by atoms with E-state index < -0.39 is 18.0 Å². The van der Waals surface area contributed by atoms with Crippen molar-refractivity contribution in [1.82, 2.24) is 0 Å². The Labute approximate surface area is 124 Å². The van der Waals surface area contributed by atoms with E-state index in [-0.39, 0.29) is 5.41 Å². The Morgan fingerprint density at radius 3 is 2.29 bits per heavy atom. The van der Waals surface area contributed by atoms with E-state index in [0.29, 0.717) is 25.4 Å². The van der Waals surface area contributed by atoms with Crippen LogP contribution in [0.5, 0.6) is 0 Å². The van der Waals surface area contributed by atoms with Crippen molar-refractivity contribution in [3.63, 3.8) is 0 Å². The third-order valence-corrected chi connectivity index (χ3v) is 4.28. The Morgan fingerprint density at radius 1 is 1.19 bits per heavy atom. The van der Waals surface area contributed by atoms with Gasteiger partial charge in [0.2, 0.25) is 0 Å². The van der Waals surface area contributed by atoms with Crippen molar-refractivity contribution < 1.29 is 23.7 Å². The fraction of sp³-hybridized carbons (Fsp3) is 0.562. The monoisotopic (exact) mass is 292 g/mol. The summed E-state index contributed by atoms with van der Waals surface area (Å²) in [4.78, 5) is 12.1. The summed E-state index contributed by atoms with van der Waals surface area (Å²) < 4.78 is 22.7. The Balaban J connectivity index is 1.66. The van der Waals surface area contributed by atoms with Crippen LogP contribution in [0.3, 0.4) is 0 Å². The van der Waals surface area contributed by atoms with Crippen LogP contribution < -0.4 is 0 Å². The topological polar surface area (TPSA) is 54.0 Å². The van der Waals surface area contributed by atoms with Crippen LogP contribution in [0, 0.1) is 5.41 Å². The van der Waals surface area contributed by atoms with Crippen molar-refractivity contribution in [2.75, 3.05) is 19.8 Å². The predicted molar refractivity (Wildman–Crippen MR) is 74.6 cm³/mol. The molecule has 3 fully saturated rings. The van der Waals surface area contributed by atoms with E-state index in [9.17, 15) is 4.79 Å². The Morgan fingerprint density at radius 2 is 1.76 bits per heavy atom. The number of ether oxygens (including phenoxy) is 4. The van der Waals surface area contributed by atoms with E-state index in [1.807, 2.05) is 6.07 Å². The molecule has 3 aliphatic rings. The molecule has 3 aliphatic heterocycles. The molecule has 3 saturated heterocycles. The summed E-state index contributed by atoms with van der Waals surface area (Å²) in [6.07, 6.45) is 0.293. The molecule has 0 amide bonds. The molecule has 0 spiro atoms. The van der Waals surface area contributed by atoms with Crippen molar-refractivity contribution in [2.45, 2.75) is 32.3 Å². The summed E-state index contributed by atoms with van der Waals surface area (Å²) in [6, 6.07) is 8.85. The molecule has 1 atom stereocenters. The smallest absolute Gasteiger partial charge is 0.338 e. The Hall–Kier alpha value is -1.43. The van der Waals surface area contributed by atoms with Crippen LogP contribution in [0.4, 0.5) is 0 Å². The molecule has 21 heavy (non-hydrogen) atoms. The molecule has 1 aromatic carbocycles. The van der Waals surface area contributed by atoms with Gasteiger partial charge in [-0.1, -0.05) is 25.1 Å². The zero-order chi connectivity index (χ0) is 14.9. The van der Waals surface area contributed by atoms with Crippen LogP contribution in [0.15, 0.2) is 30.3 Å². The van der Waals surface area contributed by atoms with Gasteiger partial charge in [0, 0.05) is 5.41 Å². The van der Waals surface area contributed by atoms with Crippen LogP contribution in [-0.4, -0.2) is 37.9 Å². The van der Waals surface area contributed by atoms with Crippen molar-refractivity contribution in [1.29, 1.82) is 0 Å². The minimum absolute atomic E-state index is 0.0646. The number of hydrogen-bond donors (Lipinski definition) is 0. The van der Waals surface area contributed by atoms with Gasteiger partial charge in [0.1, 0.15) is 0 Å². The maximum absolute atomic E-state index is 12.1. The van der Waals surface area contributed by atoms with Crippen LogP contribution in [0.2, 0.25) is 0 Å². The van der Waals surface area contributed by atoms with Crippen LogP contribution in [0.1, 0.15) is 30.6 Å². The summed E-state index contributed by atoms with van der Waals surface area (Å²) in [5, 5.41) is 0. The first kappa shape index (κ1) is 14.5. The Kier molecular flexibility index (Phi) is 3.73. The maximum Gasteiger partial charge on any atom is 0.338 e. The molecule has 0 aromatic heterocycles. The van der Waals surface area contributed by atoms with Gasteiger partial charge in [-0.2, -0.15) is 0 Å². The van der Waals surface area contributed by atoms with Gasteiger partial charge in [-0.15, -0.1) is 0 Å². The zero-order valence-electron chi connectivity index (χ0n) is 12.3. The molecule has 0 saturated carbocycles. The minimum Gasteiger partial charge on any atom is -0.450 e. The molecule has 114 valence electrons. The van der Waals surface area contributed by atoms with Gasteiger partial charge in [-0.25, -0.2) is 4.79 Å². The van der Waals surface area contributed by atoms with Gasteiger partial charge in [0.15, 0.2) is 6.10 Å². The largest absolute Gasteiger partial charge is 0.450 e. The lowest BCUT2D eigenvalue weighted by atomic mass is 9.86. The SMILES string of the molecule is CCC12COC(C(C)OC(=O)c3ccccc3)(OC1)OC2. The maximum atomic E-state index is 12.1. The van der Waals surface area contributed by atoms with Gasteiger partial charge < -0.3 is 18.9 Å². The number of benzene rings is 1. The number of carbonyl (C=O) groups excluding carboxylic acids is 1. The molecule has 1 aromatic rings. The van der Waals surface area contributed by atoms with Crippen LogP contribution in [-0.2, 0) is 18.9 Å². The molecular weight excluding hydrogens is 272 g/mol. The average molecular weight is 292 g/mol. The van der Waals surface area contributed by atoms with E-state index in [2.05, 4.69) is 6.92 Å². The molecule has 1 unspecified atom stereocenters. The van der Waals surface area contributed by atoms with Crippen molar-refractivity contribution >= 4 is 5.97 Å². The molecular formula is C16H20O5. The summed E-state index contributed by atoms with van der Waals surface area (Å²) in [6.45, 7) is 5.52. The summed E-state index contributed by atoms with van der Waals surface area (Å²) in [7, 11) is 0. The molecule has 3 heterocycles. The number of fused-ring (bicyclic) bond motifs is 3. The quantitative estimate of drug-likeness (QED) is 0.797. The lowest BCUT2D eigenvalue weighted by molar-refractivity contribution is -0.488. The zero-order valence-corrected chi connectivity index (χ0v) is 12.3. The lowest BCUT2D eigenvalue weighted by Gasteiger charge is -2.52. The van der Waals surface area contributed by atoms with Gasteiger partial charge in [0.05, 0.1) is 25.4 Å². The van der Waals surface area contributed by atoms with Crippen molar-refractivity contribution in [3.8, 4) is 0 Å². The van der Waals surface area contributed by atoms with Crippen molar-refractivity contribution in [3.05, 3.63) is 35.9 Å². The van der Waals surface area contributed by atoms with Crippen LogP contribution in [0.25, 0.3) is 0 Å². The average Bonchev–Trinajstić information content (AvgIpc) is 2.57. The Bertz CT molecular complexity index is 488. The highest BCUT2D eigenvalue weighted by atomic mass is 16.9. The first-order valence-corrected chi connectivity index (χ1v) is 7.27. The van der Waals surface area contributed by atoms with Gasteiger partial charge in [-0.3, -0.25) is 0 Å². The number of esters is 1. The third-order valence-electron chi connectivity index (χ3n) is 4.28. The second-order valence-corrected chi connectivity index (χ2v) is 5.74.